The lowest BCUT2D eigenvalue weighted by Gasteiger charge is -2.48. The zero-order chi connectivity index (χ0) is 23.9. The van der Waals surface area contributed by atoms with Gasteiger partial charge in [0.25, 0.3) is 0 Å². The number of piperidine rings is 2. The highest BCUT2D eigenvalue weighted by molar-refractivity contribution is 7.88. The maximum atomic E-state index is 12.4. The van der Waals surface area contributed by atoms with E-state index >= 15 is 0 Å². The predicted octanol–water partition coefficient (Wildman–Crippen LogP) is 3.33. The summed E-state index contributed by atoms with van der Waals surface area (Å²) in [4.78, 5) is 16.6. The zero-order valence-electron chi connectivity index (χ0n) is 20.7. The first-order valence-corrected chi connectivity index (χ1v) is 14.8. The monoisotopic (exact) mass is 488 g/mol. The Kier molecular flexibility index (Phi) is 5.15. The highest BCUT2D eigenvalue weighted by Gasteiger charge is 2.76. The number of benzene rings is 1. The van der Waals surface area contributed by atoms with E-state index in [2.05, 4.69) is 34.5 Å². The van der Waals surface area contributed by atoms with E-state index in [-0.39, 0.29) is 30.5 Å². The van der Waals surface area contributed by atoms with Crippen molar-refractivity contribution in [1.82, 2.24) is 19.4 Å². The lowest BCUT2D eigenvalue weighted by Crippen LogP contribution is -2.49. The number of fused-ring (bicyclic) bond motifs is 2. The average molecular weight is 489 g/mol. The molecular formula is C26H40N4O3S. The molecule has 0 bridgehead atoms. The molecule has 2 spiro atoms. The van der Waals surface area contributed by atoms with Gasteiger partial charge in [-0.3, -0.25) is 0 Å². The summed E-state index contributed by atoms with van der Waals surface area (Å²) < 4.78 is 26.6. The second kappa shape index (κ2) is 7.68. The molecule has 7 nitrogen and oxygen atoms in total. The average Bonchev–Trinajstić information content (AvgIpc) is 3.10. The van der Waals surface area contributed by atoms with Crippen molar-refractivity contribution in [2.45, 2.75) is 80.4 Å². The Balaban J connectivity index is 0.00000253. The van der Waals surface area contributed by atoms with Gasteiger partial charge in [0.1, 0.15) is 0 Å². The van der Waals surface area contributed by atoms with Crippen molar-refractivity contribution in [3.63, 3.8) is 0 Å². The molecule has 5 unspecified atom stereocenters. The summed E-state index contributed by atoms with van der Waals surface area (Å²) in [5.74, 6) is 0.546. The summed E-state index contributed by atoms with van der Waals surface area (Å²) >= 11 is 0. The van der Waals surface area contributed by atoms with Crippen molar-refractivity contribution in [1.29, 1.82) is 0 Å². The molecule has 1 aromatic carbocycles. The van der Waals surface area contributed by atoms with Gasteiger partial charge in [-0.25, -0.2) is 13.2 Å². The Hall–Kier alpha value is -1.64. The van der Waals surface area contributed by atoms with Gasteiger partial charge >= 0.3 is 6.03 Å². The maximum Gasteiger partial charge on any atom is 0.317 e. The highest BCUT2D eigenvalue weighted by Crippen LogP contribution is 2.66. The largest absolute Gasteiger partial charge is 0.331 e. The standard InChI is InChI=1S/C26H38N4O3S.H2/c1-28(2)24(31)27-22-10-11-25(21-7-5-4-6-20(21)22)12-14-29(15-13-25)19-16-18-8-9-23-26(18,17-19)30(23)34(3,32)33;/h4-7,18-19,22-23H,8-17H2,1-3H3,(H,27,31);1H/t18?,19?,22-,23?,26?,30?;/m1./s1. The number of carbonyl (C=O) groups excluding carboxylic acids is 1. The van der Waals surface area contributed by atoms with Crippen LogP contribution < -0.4 is 5.32 Å². The molecule has 0 radical (unpaired) electrons. The first-order valence-electron chi connectivity index (χ1n) is 13.0. The van der Waals surface area contributed by atoms with E-state index < -0.39 is 10.0 Å². The van der Waals surface area contributed by atoms with E-state index in [4.69, 9.17) is 0 Å². The molecule has 188 valence electrons. The molecule has 2 saturated carbocycles. The number of amides is 2. The van der Waals surface area contributed by atoms with Gasteiger partial charge in [-0.2, -0.15) is 4.31 Å². The minimum atomic E-state index is -3.10. The van der Waals surface area contributed by atoms with Gasteiger partial charge < -0.3 is 15.1 Å². The van der Waals surface area contributed by atoms with E-state index in [1.54, 1.807) is 19.0 Å². The maximum absolute atomic E-state index is 12.4. The lowest BCUT2D eigenvalue weighted by atomic mass is 9.63. The van der Waals surface area contributed by atoms with Crippen LogP contribution in [0.1, 0.15) is 70.0 Å². The van der Waals surface area contributed by atoms with Gasteiger partial charge in [0.05, 0.1) is 17.8 Å². The quantitative estimate of drug-likeness (QED) is 0.663. The van der Waals surface area contributed by atoms with Crippen LogP contribution in [-0.4, -0.2) is 79.6 Å². The summed E-state index contributed by atoms with van der Waals surface area (Å²) in [7, 11) is 0.478. The molecule has 2 amide bonds. The second-order valence-corrected chi connectivity index (χ2v) is 13.6. The van der Waals surface area contributed by atoms with E-state index in [1.807, 2.05) is 4.31 Å². The van der Waals surface area contributed by atoms with Crippen molar-refractivity contribution in [3.8, 4) is 0 Å². The van der Waals surface area contributed by atoms with E-state index in [1.165, 1.54) is 23.8 Å². The molecule has 34 heavy (non-hydrogen) atoms. The van der Waals surface area contributed by atoms with Crippen molar-refractivity contribution >= 4 is 16.1 Å². The number of rotatable bonds is 3. The molecule has 4 fully saturated rings. The highest BCUT2D eigenvalue weighted by atomic mass is 32.2. The number of carbonyl (C=O) groups is 1. The Morgan fingerprint density at radius 1 is 1.12 bits per heavy atom. The van der Waals surface area contributed by atoms with Crippen LogP contribution in [0.25, 0.3) is 0 Å². The first-order chi connectivity index (χ1) is 16.2. The van der Waals surface area contributed by atoms with Crippen LogP contribution in [0, 0.1) is 5.92 Å². The van der Waals surface area contributed by atoms with Gasteiger partial charge in [-0.05, 0) is 86.9 Å². The van der Waals surface area contributed by atoms with Crippen molar-refractivity contribution in [2.24, 2.45) is 5.92 Å². The summed E-state index contributed by atoms with van der Waals surface area (Å²) in [6, 6.07) is 9.57. The molecule has 3 aliphatic carbocycles. The van der Waals surface area contributed by atoms with E-state index in [0.29, 0.717) is 12.0 Å². The van der Waals surface area contributed by atoms with Gasteiger partial charge in [0.15, 0.2) is 0 Å². The summed E-state index contributed by atoms with van der Waals surface area (Å²) in [6.45, 7) is 2.17. The molecular weight excluding hydrogens is 448 g/mol. The molecule has 6 atom stereocenters. The van der Waals surface area contributed by atoms with Crippen LogP contribution in [0.2, 0.25) is 0 Å². The zero-order valence-corrected chi connectivity index (χ0v) is 21.5. The van der Waals surface area contributed by atoms with Gasteiger partial charge in [0, 0.05) is 27.6 Å². The van der Waals surface area contributed by atoms with Crippen LogP contribution in [0.5, 0.6) is 0 Å². The summed E-state index contributed by atoms with van der Waals surface area (Å²) in [5, 5.41) is 3.22. The topological polar surface area (TPSA) is 72.7 Å². The molecule has 1 N–H and O–H groups in total. The third kappa shape index (κ3) is 3.28. The third-order valence-corrected chi connectivity index (χ3v) is 11.3. The van der Waals surface area contributed by atoms with Crippen LogP contribution in [0.15, 0.2) is 24.3 Å². The third-order valence-electron chi connectivity index (χ3n) is 9.97. The number of nitrogens with one attached hydrogen (secondary N) is 1. The van der Waals surface area contributed by atoms with E-state index in [9.17, 15) is 13.2 Å². The molecule has 2 heterocycles. The van der Waals surface area contributed by atoms with Gasteiger partial charge in [0.2, 0.25) is 10.0 Å². The first kappa shape index (κ1) is 22.8. The molecule has 8 heteroatoms. The molecule has 6 rings (SSSR count). The van der Waals surface area contributed by atoms with Crippen LogP contribution in [0.4, 0.5) is 4.79 Å². The van der Waals surface area contributed by atoms with Crippen molar-refractivity contribution < 1.29 is 14.6 Å². The number of nitrogens with zero attached hydrogens (tertiary/aromatic N) is 3. The number of likely N-dealkylation sites (tertiary alicyclic amines) is 1. The minimum Gasteiger partial charge on any atom is -0.331 e. The molecule has 2 aliphatic heterocycles. The number of hydrogen-bond acceptors (Lipinski definition) is 4. The fourth-order valence-corrected chi connectivity index (χ4v) is 10.1. The second-order valence-electron chi connectivity index (χ2n) is 11.8. The Morgan fingerprint density at radius 3 is 2.53 bits per heavy atom. The Morgan fingerprint density at radius 2 is 1.85 bits per heavy atom. The fraction of sp³-hybridized carbons (Fsp3) is 0.731. The molecule has 2 saturated heterocycles. The van der Waals surface area contributed by atoms with Crippen molar-refractivity contribution in [2.75, 3.05) is 33.4 Å². The fourth-order valence-electron chi connectivity index (χ4n) is 8.39. The number of urea groups is 1. The molecule has 5 aliphatic rings. The van der Waals surface area contributed by atoms with Crippen LogP contribution in [-0.2, 0) is 15.4 Å². The van der Waals surface area contributed by atoms with Crippen molar-refractivity contribution in [3.05, 3.63) is 35.4 Å². The van der Waals surface area contributed by atoms with Crippen LogP contribution >= 0.6 is 0 Å². The predicted molar refractivity (Wildman–Crippen MR) is 134 cm³/mol. The summed E-state index contributed by atoms with van der Waals surface area (Å²) in [6.07, 6.45) is 10.2. The van der Waals surface area contributed by atoms with Crippen LogP contribution in [0.3, 0.4) is 0 Å². The van der Waals surface area contributed by atoms with Gasteiger partial charge in [-0.1, -0.05) is 24.3 Å². The number of sulfonamides is 1. The lowest BCUT2D eigenvalue weighted by molar-refractivity contribution is 0.0998. The number of hydrogen-bond donors (Lipinski definition) is 1. The smallest absolute Gasteiger partial charge is 0.317 e. The molecule has 0 aromatic heterocycles. The van der Waals surface area contributed by atoms with Gasteiger partial charge in [-0.15, -0.1) is 0 Å². The molecule has 1 aromatic rings. The minimum absolute atomic E-state index is 0. The Bertz CT molecular complexity index is 1100. The SMILES string of the molecule is CN(C)C(=O)N[C@@H]1CCC2(CCN(C3CC4CCC5N(S(C)(=O)=O)C45C3)CC2)c2ccccc21.[HH]. The Labute approximate surface area is 205 Å². The summed E-state index contributed by atoms with van der Waals surface area (Å²) in [5.41, 5.74) is 2.86. The van der Waals surface area contributed by atoms with E-state index in [0.717, 1.165) is 58.0 Å². The normalized spacial score (nSPS) is 38.1.